The van der Waals surface area contributed by atoms with Crippen molar-refractivity contribution < 1.29 is 0 Å². The molecule has 0 spiro atoms. The maximum absolute atomic E-state index is 5.02. The number of hydrogen-bond donors (Lipinski definition) is 0. The summed E-state index contributed by atoms with van der Waals surface area (Å²) in [6.45, 7) is 9.82. The highest BCUT2D eigenvalue weighted by Gasteiger charge is 2.21. The molecule has 2 saturated heterocycles. The Bertz CT molecular complexity index is 717. The Labute approximate surface area is 163 Å². The van der Waals surface area contributed by atoms with Gasteiger partial charge in [-0.05, 0) is 19.4 Å². The van der Waals surface area contributed by atoms with Crippen LogP contribution in [-0.4, -0.2) is 60.7 Å². The van der Waals surface area contributed by atoms with Crippen LogP contribution in [0.15, 0.2) is 36.4 Å². The van der Waals surface area contributed by atoms with Gasteiger partial charge in [0.25, 0.3) is 0 Å². The van der Waals surface area contributed by atoms with E-state index >= 15 is 0 Å². The third kappa shape index (κ3) is 4.41. The normalized spacial score (nSPS) is 19.1. The molecule has 2 fully saturated rings. The number of piperazine rings is 1. The van der Waals surface area contributed by atoms with E-state index in [1.807, 2.05) is 0 Å². The molecule has 0 radical (unpaired) electrons. The van der Waals surface area contributed by atoms with Crippen LogP contribution in [0, 0.1) is 0 Å². The molecule has 27 heavy (non-hydrogen) atoms. The van der Waals surface area contributed by atoms with Gasteiger partial charge < -0.3 is 14.7 Å². The van der Waals surface area contributed by atoms with Gasteiger partial charge in [-0.15, -0.1) is 0 Å². The fourth-order valence-corrected chi connectivity index (χ4v) is 4.05. The fraction of sp³-hybridized carbons (Fsp3) is 0.545. The minimum Gasteiger partial charge on any atom is -0.354 e. The molecule has 0 unspecified atom stereocenters. The van der Waals surface area contributed by atoms with Crippen molar-refractivity contribution in [1.29, 1.82) is 0 Å². The number of nitrogens with zero attached hydrogens (tertiary/aromatic N) is 5. The van der Waals surface area contributed by atoms with Crippen molar-refractivity contribution >= 4 is 11.8 Å². The monoisotopic (exact) mass is 365 g/mol. The van der Waals surface area contributed by atoms with E-state index in [0.29, 0.717) is 0 Å². The van der Waals surface area contributed by atoms with Crippen LogP contribution in [0.1, 0.15) is 32.6 Å². The van der Waals surface area contributed by atoms with Crippen molar-refractivity contribution in [2.45, 2.75) is 32.6 Å². The van der Waals surface area contributed by atoms with E-state index in [1.165, 1.54) is 31.2 Å². The minimum atomic E-state index is 0.908. The summed E-state index contributed by atoms with van der Waals surface area (Å²) < 4.78 is 0. The van der Waals surface area contributed by atoms with Crippen LogP contribution in [0.4, 0.5) is 11.8 Å². The molecule has 2 aromatic rings. The average Bonchev–Trinajstić information content (AvgIpc) is 3.04. The molecule has 5 nitrogen and oxygen atoms in total. The first-order chi connectivity index (χ1) is 13.3. The quantitative estimate of drug-likeness (QED) is 0.826. The molecule has 2 aliphatic rings. The molecule has 0 bridgehead atoms. The van der Waals surface area contributed by atoms with Gasteiger partial charge in [0.1, 0.15) is 5.82 Å². The predicted molar refractivity (Wildman–Crippen MR) is 112 cm³/mol. The van der Waals surface area contributed by atoms with Gasteiger partial charge in [0, 0.05) is 50.9 Å². The Kier molecular flexibility index (Phi) is 5.87. The van der Waals surface area contributed by atoms with Gasteiger partial charge in [-0.2, -0.15) is 4.98 Å². The number of likely N-dealkylation sites (N-methyl/N-ethyl adjacent to an activating group) is 1. The largest absolute Gasteiger partial charge is 0.354 e. The van der Waals surface area contributed by atoms with Gasteiger partial charge in [0.15, 0.2) is 0 Å². The van der Waals surface area contributed by atoms with Crippen LogP contribution in [0.5, 0.6) is 0 Å². The highest BCUT2D eigenvalue weighted by atomic mass is 15.3. The van der Waals surface area contributed by atoms with Gasteiger partial charge in [-0.25, -0.2) is 4.98 Å². The lowest BCUT2D eigenvalue weighted by Crippen LogP contribution is -2.46. The molecule has 0 aliphatic carbocycles. The zero-order valence-electron chi connectivity index (χ0n) is 16.5. The Balaban J connectivity index is 1.66. The summed E-state index contributed by atoms with van der Waals surface area (Å²) in [4.78, 5) is 17.3. The summed E-state index contributed by atoms with van der Waals surface area (Å²) in [6.07, 6.45) is 5.12. The third-order valence-corrected chi connectivity index (χ3v) is 5.80. The van der Waals surface area contributed by atoms with Crippen LogP contribution in [0.2, 0.25) is 0 Å². The van der Waals surface area contributed by atoms with E-state index in [-0.39, 0.29) is 0 Å². The van der Waals surface area contributed by atoms with Crippen LogP contribution >= 0.6 is 0 Å². The van der Waals surface area contributed by atoms with E-state index in [1.54, 1.807) is 0 Å². The molecular weight excluding hydrogens is 334 g/mol. The molecule has 0 amide bonds. The fourth-order valence-electron chi connectivity index (χ4n) is 4.05. The Morgan fingerprint density at radius 2 is 1.48 bits per heavy atom. The third-order valence-electron chi connectivity index (χ3n) is 5.80. The standard InChI is InChI=1S/C22H31N5/c1-2-25-14-16-26(17-15-25)21-18-20(19-10-6-5-7-11-19)23-22(24-21)27-12-8-3-4-9-13-27/h5-7,10-11,18H,2-4,8-9,12-17H2,1H3. The maximum Gasteiger partial charge on any atom is 0.227 e. The van der Waals surface area contributed by atoms with E-state index in [9.17, 15) is 0 Å². The Morgan fingerprint density at radius 1 is 0.778 bits per heavy atom. The first-order valence-corrected chi connectivity index (χ1v) is 10.5. The van der Waals surface area contributed by atoms with Crippen LogP contribution < -0.4 is 9.80 Å². The summed E-state index contributed by atoms with van der Waals surface area (Å²) >= 11 is 0. The van der Waals surface area contributed by atoms with Crippen LogP contribution in [0.3, 0.4) is 0 Å². The van der Waals surface area contributed by atoms with Gasteiger partial charge in [0.05, 0.1) is 5.69 Å². The van der Waals surface area contributed by atoms with Crippen molar-refractivity contribution in [2.24, 2.45) is 0 Å². The van der Waals surface area contributed by atoms with Crippen LogP contribution in [0.25, 0.3) is 11.3 Å². The molecule has 1 aromatic heterocycles. The topological polar surface area (TPSA) is 35.5 Å². The van der Waals surface area contributed by atoms with Crippen molar-refractivity contribution in [2.75, 3.05) is 55.6 Å². The number of hydrogen-bond acceptors (Lipinski definition) is 5. The second-order valence-corrected chi connectivity index (χ2v) is 7.60. The molecule has 1 aromatic carbocycles. The van der Waals surface area contributed by atoms with Gasteiger partial charge in [-0.1, -0.05) is 50.1 Å². The Morgan fingerprint density at radius 3 is 2.15 bits per heavy atom. The lowest BCUT2D eigenvalue weighted by Gasteiger charge is -2.35. The van der Waals surface area contributed by atoms with Gasteiger partial charge in [-0.3, -0.25) is 0 Å². The molecular formula is C22H31N5. The average molecular weight is 366 g/mol. The molecule has 144 valence electrons. The molecule has 4 rings (SSSR count). The minimum absolute atomic E-state index is 0.908. The van der Waals surface area contributed by atoms with E-state index in [2.05, 4.69) is 58.0 Å². The molecule has 0 N–H and O–H groups in total. The second kappa shape index (κ2) is 8.70. The first-order valence-electron chi connectivity index (χ1n) is 10.5. The number of anilines is 2. The van der Waals surface area contributed by atoms with Gasteiger partial charge >= 0.3 is 0 Å². The lowest BCUT2D eigenvalue weighted by molar-refractivity contribution is 0.270. The van der Waals surface area contributed by atoms with E-state index in [0.717, 1.165) is 63.3 Å². The highest BCUT2D eigenvalue weighted by molar-refractivity contribution is 5.65. The molecule has 5 heteroatoms. The van der Waals surface area contributed by atoms with E-state index < -0.39 is 0 Å². The molecule has 3 heterocycles. The van der Waals surface area contributed by atoms with Gasteiger partial charge in [0.2, 0.25) is 5.95 Å². The predicted octanol–water partition coefficient (Wildman–Crippen LogP) is 3.67. The SMILES string of the molecule is CCN1CCN(c2cc(-c3ccccc3)nc(N3CCCCCC3)n2)CC1. The van der Waals surface area contributed by atoms with Crippen molar-refractivity contribution in [3.63, 3.8) is 0 Å². The van der Waals surface area contributed by atoms with Crippen molar-refractivity contribution in [3.8, 4) is 11.3 Å². The molecule has 2 aliphatic heterocycles. The zero-order valence-corrected chi connectivity index (χ0v) is 16.5. The summed E-state index contributed by atoms with van der Waals surface area (Å²) in [5.41, 5.74) is 2.21. The molecule has 0 saturated carbocycles. The summed E-state index contributed by atoms with van der Waals surface area (Å²) in [7, 11) is 0. The van der Waals surface area contributed by atoms with E-state index in [4.69, 9.17) is 9.97 Å². The van der Waals surface area contributed by atoms with Crippen molar-refractivity contribution in [3.05, 3.63) is 36.4 Å². The maximum atomic E-state index is 5.02. The van der Waals surface area contributed by atoms with Crippen LogP contribution in [-0.2, 0) is 0 Å². The highest BCUT2D eigenvalue weighted by Crippen LogP contribution is 2.26. The zero-order chi connectivity index (χ0) is 18.5. The summed E-state index contributed by atoms with van der Waals surface area (Å²) in [6, 6.07) is 12.7. The molecule has 0 atom stereocenters. The summed E-state index contributed by atoms with van der Waals surface area (Å²) in [5, 5.41) is 0. The number of benzene rings is 1. The first kappa shape index (κ1) is 18.2. The number of aromatic nitrogens is 2. The lowest BCUT2D eigenvalue weighted by atomic mass is 10.1. The Hall–Kier alpha value is -2.14. The van der Waals surface area contributed by atoms with Crippen molar-refractivity contribution in [1.82, 2.24) is 14.9 Å². The second-order valence-electron chi connectivity index (χ2n) is 7.60. The summed E-state index contributed by atoms with van der Waals surface area (Å²) in [5.74, 6) is 1.99. The smallest absolute Gasteiger partial charge is 0.227 e. The number of rotatable bonds is 4.